The number of carbonyl (C=O) groups is 2. The predicted octanol–water partition coefficient (Wildman–Crippen LogP) is 4.71. The quantitative estimate of drug-likeness (QED) is 0.417. The average molecular weight is 506 g/mol. The van der Waals surface area contributed by atoms with Crippen molar-refractivity contribution in [2.45, 2.75) is 32.2 Å². The maximum Gasteiger partial charge on any atom is 0.253 e. The Kier molecular flexibility index (Phi) is 9.47. The average Bonchev–Trinajstić information content (AvgIpc) is 2.89. The molecule has 0 radical (unpaired) electrons. The van der Waals surface area contributed by atoms with Crippen LogP contribution in [-0.2, 0) is 6.42 Å². The van der Waals surface area contributed by atoms with Crippen molar-refractivity contribution in [1.82, 2.24) is 10.2 Å². The summed E-state index contributed by atoms with van der Waals surface area (Å²) >= 11 is 0. The van der Waals surface area contributed by atoms with E-state index < -0.39 is 30.2 Å². The first-order valence-corrected chi connectivity index (χ1v) is 12.0. The molecule has 0 heterocycles. The number of aliphatic hydroxyl groups is 1. The zero-order valence-corrected chi connectivity index (χ0v) is 20.8. The molecule has 0 fully saturated rings. The molecule has 0 aromatic heterocycles. The van der Waals surface area contributed by atoms with Crippen molar-refractivity contribution in [3.63, 3.8) is 0 Å². The van der Waals surface area contributed by atoms with Crippen LogP contribution in [0.5, 0.6) is 0 Å². The van der Waals surface area contributed by atoms with Crippen molar-refractivity contribution in [1.29, 1.82) is 5.26 Å². The molecule has 2 amide bonds. The summed E-state index contributed by atoms with van der Waals surface area (Å²) in [4.78, 5) is 28.0. The van der Waals surface area contributed by atoms with Gasteiger partial charge in [-0.25, -0.2) is 8.78 Å². The molecule has 6 nitrogen and oxygen atoms in total. The summed E-state index contributed by atoms with van der Waals surface area (Å²) in [5, 5.41) is 22.1. The highest BCUT2D eigenvalue weighted by atomic mass is 19.1. The summed E-state index contributed by atoms with van der Waals surface area (Å²) in [5.74, 6) is -2.35. The highest BCUT2D eigenvalue weighted by Gasteiger charge is 2.20. The van der Waals surface area contributed by atoms with Crippen molar-refractivity contribution in [2.75, 3.05) is 20.2 Å². The lowest BCUT2D eigenvalue weighted by Crippen LogP contribution is -2.39. The van der Waals surface area contributed by atoms with Crippen molar-refractivity contribution in [3.8, 4) is 17.2 Å². The van der Waals surface area contributed by atoms with Crippen LogP contribution in [0.2, 0.25) is 0 Å². The number of halogens is 2. The van der Waals surface area contributed by atoms with Gasteiger partial charge in [0.15, 0.2) is 0 Å². The SMILES string of the molecule is CCCCN(C)C(=O)c1cc(C(=O)NC(CO)Cc2cc(F)cc(F)c2)cc(-c2ccccc2C#N)c1. The Morgan fingerprint density at radius 2 is 1.73 bits per heavy atom. The Bertz CT molecular complexity index is 1300. The third-order valence-corrected chi connectivity index (χ3v) is 5.95. The number of hydrogen-bond acceptors (Lipinski definition) is 4. The van der Waals surface area contributed by atoms with Crippen molar-refractivity contribution < 1.29 is 23.5 Å². The molecule has 0 spiro atoms. The monoisotopic (exact) mass is 505 g/mol. The molecule has 0 saturated heterocycles. The first kappa shape index (κ1) is 27.5. The zero-order chi connectivity index (χ0) is 26.9. The summed E-state index contributed by atoms with van der Waals surface area (Å²) in [5.41, 5.74) is 2.19. The lowest BCUT2D eigenvalue weighted by atomic mass is 9.95. The number of nitrogens with one attached hydrogen (secondary N) is 1. The molecular formula is C29H29F2N3O3. The van der Waals surface area contributed by atoms with Gasteiger partial charge in [0.05, 0.1) is 24.3 Å². The number of nitriles is 1. The van der Waals surface area contributed by atoms with E-state index in [0.29, 0.717) is 23.2 Å². The smallest absolute Gasteiger partial charge is 0.253 e. The number of carbonyl (C=O) groups excluding carboxylic acids is 2. The fourth-order valence-electron chi connectivity index (χ4n) is 4.03. The van der Waals surface area contributed by atoms with Crippen LogP contribution in [-0.4, -0.2) is 48.1 Å². The van der Waals surface area contributed by atoms with E-state index in [4.69, 9.17) is 0 Å². The summed E-state index contributed by atoms with van der Waals surface area (Å²) < 4.78 is 27.2. The van der Waals surface area contributed by atoms with Crippen LogP contribution in [0.15, 0.2) is 60.7 Å². The van der Waals surface area contributed by atoms with E-state index in [1.165, 1.54) is 6.07 Å². The van der Waals surface area contributed by atoms with E-state index >= 15 is 0 Å². The van der Waals surface area contributed by atoms with E-state index in [-0.39, 0.29) is 29.0 Å². The van der Waals surface area contributed by atoms with Crippen LogP contribution in [0, 0.1) is 23.0 Å². The van der Waals surface area contributed by atoms with Gasteiger partial charge >= 0.3 is 0 Å². The summed E-state index contributed by atoms with van der Waals surface area (Å²) in [6.45, 7) is 2.11. The highest BCUT2D eigenvalue weighted by Crippen LogP contribution is 2.26. The maximum atomic E-state index is 13.6. The molecule has 0 aliphatic rings. The van der Waals surface area contributed by atoms with Gasteiger partial charge in [-0.15, -0.1) is 0 Å². The zero-order valence-electron chi connectivity index (χ0n) is 20.8. The first-order valence-electron chi connectivity index (χ1n) is 12.0. The van der Waals surface area contributed by atoms with E-state index in [1.807, 2.05) is 6.92 Å². The third kappa shape index (κ3) is 7.21. The summed E-state index contributed by atoms with van der Waals surface area (Å²) in [6.07, 6.45) is 1.74. The first-order chi connectivity index (χ1) is 17.7. The molecule has 37 heavy (non-hydrogen) atoms. The molecule has 1 atom stereocenters. The van der Waals surface area contributed by atoms with E-state index in [9.17, 15) is 28.7 Å². The van der Waals surface area contributed by atoms with Gasteiger partial charge in [0.1, 0.15) is 11.6 Å². The van der Waals surface area contributed by atoms with Crippen LogP contribution in [0.25, 0.3) is 11.1 Å². The second-order valence-corrected chi connectivity index (χ2v) is 8.87. The minimum Gasteiger partial charge on any atom is -0.394 e. The molecule has 2 N–H and O–H groups in total. The van der Waals surface area contributed by atoms with E-state index in [0.717, 1.165) is 31.0 Å². The Morgan fingerprint density at radius 3 is 2.38 bits per heavy atom. The largest absolute Gasteiger partial charge is 0.394 e. The molecule has 0 aliphatic heterocycles. The van der Waals surface area contributed by atoms with Crippen LogP contribution in [0.1, 0.15) is 51.6 Å². The lowest BCUT2D eigenvalue weighted by Gasteiger charge is -2.20. The Morgan fingerprint density at radius 1 is 1.05 bits per heavy atom. The van der Waals surface area contributed by atoms with Crippen LogP contribution in [0.4, 0.5) is 8.78 Å². The number of rotatable bonds is 10. The maximum absolute atomic E-state index is 13.6. The van der Waals surface area contributed by atoms with Gasteiger partial charge in [-0.1, -0.05) is 31.5 Å². The van der Waals surface area contributed by atoms with Crippen LogP contribution in [0.3, 0.4) is 0 Å². The van der Waals surface area contributed by atoms with Gasteiger partial charge in [0.25, 0.3) is 11.8 Å². The molecule has 8 heteroatoms. The van der Waals surface area contributed by atoms with Gasteiger partial charge in [0.2, 0.25) is 0 Å². The normalized spacial score (nSPS) is 11.5. The van der Waals surface area contributed by atoms with Crippen molar-refractivity contribution in [2.24, 2.45) is 0 Å². The number of hydrogen-bond donors (Lipinski definition) is 2. The number of amides is 2. The molecule has 3 aromatic carbocycles. The molecule has 3 rings (SSSR count). The molecule has 192 valence electrons. The van der Waals surface area contributed by atoms with Crippen molar-refractivity contribution in [3.05, 3.63) is 94.6 Å². The molecule has 3 aromatic rings. The Hall–Kier alpha value is -4.09. The van der Waals surface area contributed by atoms with Crippen LogP contribution >= 0.6 is 0 Å². The molecule has 0 bridgehead atoms. The Balaban J connectivity index is 1.96. The summed E-state index contributed by atoms with van der Waals surface area (Å²) in [7, 11) is 1.69. The van der Waals surface area contributed by atoms with Gasteiger partial charge in [-0.05, 0) is 65.9 Å². The molecule has 0 saturated carbocycles. The standard InChI is InChI=1S/C29H29F2N3O3/c1-3-4-9-34(2)29(37)23-14-21(27-8-6-5-7-20(27)17-32)13-22(15-23)28(36)33-26(18-35)12-19-10-24(30)16-25(31)11-19/h5-8,10-11,13-16,26,35H,3-4,9,12,18H2,1-2H3,(H,33,36). The number of aliphatic hydroxyl groups excluding tert-OH is 1. The Labute approximate surface area is 215 Å². The highest BCUT2D eigenvalue weighted by molar-refractivity contribution is 6.01. The fourth-order valence-corrected chi connectivity index (χ4v) is 4.03. The van der Waals surface area contributed by atoms with Crippen molar-refractivity contribution >= 4 is 11.8 Å². The van der Waals surface area contributed by atoms with E-state index in [1.54, 1.807) is 48.3 Å². The molecular weight excluding hydrogens is 476 g/mol. The fraction of sp³-hybridized carbons (Fsp3) is 0.276. The number of benzene rings is 3. The predicted molar refractivity (Wildman–Crippen MR) is 137 cm³/mol. The topological polar surface area (TPSA) is 93.4 Å². The van der Waals surface area contributed by atoms with Crippen LogP contribution < -0.4 is 5.32 Å². The molecule has 0 aliphatic carbocycles. The minimum absolute atomic E-state index is 0.000576. The van der Waals surface area contributed by atoms with Gasteiger partial charge in [-0.2, -0.15) is 5.26 Å². The number of nitrogens with zero attached hydrogens (tertiary/aromatic N) is 2. The minimum atomic E-state index is -0.824. The van der Waals surface area contributed by atoms with Gasteiger partial charge in [0, 0.05) is 30.8 Å². The lowest BCUT2D eigenvalue weighted by molar-refractivity contribution is 0.0793. The van der Waals surface area contributed by atoms with E-state index in [2.05, 4.69) is 11.4 Å². The van der Waals surface area contributed by atoms with Gasteiger partial charge < -0.3 is 15.3 Å². The third-order valence-electron chi connectivity index (χ3n) is 5.95. The number of unbranched alkanes of at least 4 members (excludes halogenated alkanes) is 1. The summed E-state index contributed by atoms with van der Waals surface area (Å²) in [6, 6.07) is 15.9. The second-order valence-electron chi connectivity index (χ2n) is 8.87. The molecule has 1 unspecified atom stereocenters. The van der Waals surface area contributed by atoms with Gasteiger partial charge in [-0.3, -0.25) is 9.59 Å². The second kappa shape index (κ2) is 12.7.